The Bertz CT molecular complexity index is 1240. The number of hydrogen-bond acceptors (Lipinski definition) is 5. The minimum atomic E-state index is 0.0296. The van der Waals surface area contributed by atoms with Crippen molar-refractivity contribution in [3.8, 4) is 11.4 Å². The third-order valence-corrected chi connectivity index (χ3v) is 5.24. The van der Waals surface area contributed by atoms with Gasteiger partial charge in [-0.05, 0) is 57.4 Å². The Kier molecular flexibility index (Phi) is 3.37. The molecule has 4 aromatic rings. The van der Waals surface area contributed by atoms with E-state index in [1.54, 1.807) is 6.92 Å². The molecule has 0 unspecified atom stereocenters. The topological polar surface area (TPSA) is 73.0 Å². The molecule has 27 heavy (non-hydrogen) atoms. The van der Waals surface area contributed by atoms with Gasteiger partial charge < -0.3 is 0 Å². The van der Waals surface area contributed by atoms with Crippen LogP contribution in [0, 0.1) is 13.8 Å². The molecule has 1 aliphatic rings. The Balaban J connectivity index is 1.85. The number of carbonyl (C=O) groups is 1. The van der Waals surface area contributed by atoms with Gasteiger partial charge in [-0.3, -0.25) is 9.20 Å². The molecule has 134 valence electrons. The third kappa shape index (κ3) is 2.51. The Morgan fingerprint density at radius 1 is 1.04 bits per heavy atom. The number of rotatable bonds is 3. The Hall–Kier alpha value is -3.15. The van der Waals surface area contributed by atoms with Crippen LogP contribution >= 0.6 is 0 Å². The van der Waals surface area contributed by atoms with Crippen LogP contribution in [0.4, 0.5) is 0 Å². The second kappa shape index (κ2) is 5.67. The number of benzene rings is 1. The van der Waals surface area contributed by atoms with Crippen LogP contribution in [0.3, 0.4) is 0 Å². The van der Waals surface area contributed by atoms with Gasteiger partial charge in [0.1, 0.15) is 5.52 Å². The molecule has 3 heterocycles. The maximum absolute atomic E-state index is 11.9. The van der Waals surface area contributed by atoms with E-state index < -0.39 is 0 Å². The molecule has 0 N–H and O–H groups in total. The van der Waals surface area contributed by atoms with E-state index in [9.17, 15) is 4.79 Å². The van der Waals surface area contributed by atoms with Crippen molar-refractivity contribution in [2.75, 3.05) is 0 Å². The molecule has 6 nitrogen and oxygen atoms in total. The zero-order valence-electron chi connectivity index (χ0n) is 15.5. The van der Waals surface area contributed by atoms with Gasteiger partial charge >= 0.3 is 0 Å². The van der Waals surface area contributed by atoms with Crippen LogP contribution in [0.15, 0.2) is 30.3 Å². The van der Waals surface area contributed by atoms with E-state index in [0.717, 1.165) is 33.7 Å². The average molecular weight is 357 g/mol. The fourth-order valence-electron chi connectivity index (χ4n) is 3.52. The summed E-state index contributed by atoms with van der Waals surface area (Å²) in [6, 6.07) is 9.79. The lowest BCUT2D eigenvalue weighted by molar-refractivity contribution is 0.101. The van der Waals surface area contributed by atoms with Crippen molar-refractivity contribution >= 4 is 22.6 Å². The summed E-state index contributed by atoms with van der Waals surface area (Å²) in [5.41, 5.74) is 6.79. The minimum Gasteiger partial charge on any atom is -0.295 e. The molecule has 1 aliphatic carbocycles. The lowest BCUT2D eigenvalue weighted by atomic mass is 10.0. The molecule has 0 spiro atoms. The lowest BCUT2D eigenvalue weighted by Gasteiger charge is -2.10. The molecule has 6 heteroatoms. The largest absolute Gasteiger partial charge is 0.295 e. The molecule has 1 saturated carbocycles. The lowest BCUT2D eigenvalue weighted by Crippen LogP contribution is -2.02. The molecule has 0 aliphatic heterocycles. The number of aryl methyl sites for hydroxylation is 2. The Morgan fingerprint density at radius 3 is 2.59 bits per heavy atom. The summed E-state index contributed by atoms with van der Waals surface area (Å²) in [5.74, 6) is 1.27. The second-order valence-electron chi connectivity index (χ2n) is 7.32. The van der Waals surface area contributed by atoms with Crippen molar-refractivity contribution in [3.05, 3.63) is 52.8 Å². The maximum Gasteiger partial charge on any atom is 0.184 e. The summed E-state index contributed by atoms with van der Waals surface area (Å²) in [6.45, 7) is 5.52. The number of fused-ring (bicyclic) bond motifs is 3. The number of carbonyl (C=O) groups excluding carboxylic acids is 1. The highest BCUT2D eigenvalue weighted by Gasteiger charge is 2.26. The Morgan fingerprint density at radius 2 is 1.85 bits per heavy atom. The first-order chi connectivity index (χ1) is 13.0. The fourth-order valence-corrected chi connectivity index (χ4v) is 3.52. The summed E-state index contributed by atoms with van der Waals surface area (Å²) in [7, 11) is 0. The van der Waals surface area contributed by atoms with Crippen LogP contribution in [0.2, 0.25) is 0 Å². The number of Topliss-reactive ketones (excluding diaryl/α,β-unsaturated/α-hetero) is 1. The number of aromatic nitrogens is 5. The zero-order chi connectivity index (χ0) is 18.7. The summed E-state index contributed by atoms with van der Waals surface area (Å²) in [4.78, 5) is 21.4. The van der Waals surface area contributed by atoms with E-state index in [1.807, 2.05) is 42.5 Å². The van der Waals surface area contributed by atoms with Crippen molar-refractivity contribution in [3.63, 3.8) is 0 Å². The van der Waals surface area contributed by atoms with Crippen molar-refractivity contribution < 1.29 is 4.79 Å². The van der Waals surface area contributed by atoms with Crippen LogP contribution < -0.4 is 0 Å². The standard InChI is InChI=1S/C21H19N5O/c1-11-4-5-15(13(3)27)10-16(11)20-25-24-19-12(2)22-18-9-8-17(14-6-7-14)23-21(18)26(19)20/h4-5,8-10,14H,6-7H2,1-3H3. The first kappa shape index (κ1) is 16.1. The number of nitrogens with zero attached hydrogens (tertiary/aromatic N) is 5. The van der Waals surface area contributed by atoms with Gasteiger partial charge in [0.15, 0.2) is 22.9 Å². The van der Waals surface area contributed by atoms with E-state index >= 15 is 0 Å². The van der Waals surface area contributed by atoms with Gasteiger partial charge in [0.25, 0.3) is 0 Å². The molecule has 0 radical (unpaired) electrons. The highest BCUT2D eigenvalue weighted by atomic mass is 16.1. The van der Waals surface area contributed by atoms with Gasteiger partial charge in [0.05, 0.1) is 5.69 Å². The van der Waals surface area contributed by atoms with E-state index in [0.29, 0.717) is 23.0 Å². The van der Waals surface area contributed by atoms with Crippen molar-refractivity contribution in [2.45, 2.75) is 39.5 Å². The van der Waals surface area contributed by atoms with E-state index in [-0.39, 0.29) is 5.78 Å². The molecule has 5 rings (SSSR count). The second-order valence-corrected chi connectivity index (χ2v) is 7.32. The highest BCUT2D eigenvalue weighted by molar-refractivity contribution is 5.95. The van der Waals surface area contributed by atoms with Gasteiger partial charge in [-0.15, -0.1) is 10.2 Å². The van der Waals surface area contributed by atoms with Crippen LogP contribution in [-0.2, 0) is 0 Å². The smallest absolute Gasteiger partial charge is 0.184 e. The van der Waals surface area contributed by atoms with Gasteiger partial charge in [-0.2, -0.15) is 0 Å². The number of hydrogen-bond donors (Lipinski definition) is 0. The maximum atomic E-state index is 11.9. The molecule has 1 aromatic carbocycles. The highest BCUT2D eigenvalue weighted by Crippen LogP contribution is 2.39. The van der Waals surface area contributed by atoms with Crippen LogP contribution in [-0.4, -0.2) is 30.3 Å². The van der Waals surface area contributed by atoms with Crippen molar-refractivity contribution in [2.24, 2.45) is 0 Å². The van der Waals surface area contributed by atoms with Gasteiger partial charge in [0, 0.05) is 22.7 Å². The molecular formula is C21H19N5O. The Labute approximate surface area is 156 Å². The summed E-state index contributed by atoms with van der Waals surface area (Å²) >= 11 is 0. The van der Waals surface area contributed by atoms with Crippen LogP contribution in [0.25, 0.3) is 28.2 Å². The molecule has 0 atom stereocenters. The molecular weight excluding hydrogens is 338 g/mol. The molecule has 0 amide bonds. The van der Waals surface area contributed by atoms with Crippen LogP contribution in [0.1, 0.15) is 53.0 Å². The predicted octanol–water partition coefficient (Wildman–Crippen LogP) is 4.04. The summed E-state index contributed by atoms with van der Waals surface area (Å²) in [6.07, 6.45) is 2.38. The minimum absolute atomic E-state index is 0.0296. The van der Waals surface area contributed by atoms with Gasteiger partial charge in [0.2, 0.25) is 0 Å². The quantitative estimate of drug-likeness (QED) is 0.518. The normalized spacial score (nSPS) is 14.2. The SMILES string of the molecule is CC(=O)c1ccc(C)c(-c2nnc3c(C)nc4ccc(C5CC5)nc4n23)c1. The predicted molar refractivity (Wildman–Crippen MR) is 103 cm³/mol. The number of ketones is 1. The van der Waals surface area contributed by atoms with Gasteiger partial charge in [-0.1, -0.05) is 12.1 Å². The number of pyridine rings is 1. The van der Waals surface area contributed by atoms with E-state index in [1.165, 1.54) is 12.8 Å². The zero-order valence-corrected chi connectivity index (χ0v) is 15.5. The summed E-state index contributed by atoms with van der Waals surface area (Å²) in [5, 5.41) is 8.83. The molecule has 0 bridgehead atoms. The molecule has 3 aromatic heterocycles. The molecule has 1 fully saturated rings. The first-order valence-electron chi connectivity index (χ1n) is 9.17. The van der Waals surface area contributed by atoms with Crippen molar-refractivity contribution in [1.29, 1.82) is 0 Å². The van der Waals surface area contributed by atoms with E-state index in [4.69, 9.17) is 4.98 Å². The fraction of sp³-hybridized carbons (Fsp3) is 0.286. The average Bonchev–Trinajstić information content (AvgIpc) is 3.40. The van der Waals surface area contributed by atoms with E-state index in [2.05, 4.69) is 21.2 Å². The van der Waals surface area contributed by atoms with Gasteiger partial charge in [-0.25, -0.2) is 9.97 Å². The van der Waals surface area contributed by atoms with Crippen molar-refractivity contribution in [1.82, 2.24) is 24.6 Å². The molecule has 0 saturated heterocycles. The first-order valence-corrected chi connectivity index (χ1v) is 9.17. The summed E-state index contributed by atoms with van der Waals surface area (Å²) < 4.78 is 1.98. The van der Waals surface area contributed by atoms with Crippen LogP contribution in [0.5, 0.6) is 0 Å². The monoisotopic (exact) mass is 357 g/mol. The third-order valence-electron chi connectivity index (χ3n) is 5.24.